The van der Waals surface area contributed by atoms with Crippen LogP contribution in [0.4, 0.5) is 0 Å². The quantitative estimate of drug-likeness (QED) is 0.445. The minimum atomic E-state index is -1.29. The number of methoxy groups -OCH3 is 3. The first kappa shape index (κ1) is 17.2. The smallest absolute Gasteiger partial charge is 0.323 e. The van der Waals surface area contributed by atoms with Gasteiger partial charge in [-0.3, -0.25) is 14.4 Å². The van der Waals surface area contributed by atoms with Crippen molar-refractivity contribution >= 4 is 17.9 Å². The predicted molar refractivity (Wildman–Crippen MR) is 83.6 cm³/mol. The molecule has 0 amide bonds. The van der Waals surface area contributed by atoms with Crippen molar-refractivity contribution in [3.63, 3.8) is 0 Å². The summed E-state index contributed by atoms with van der Waals surface area (Å²) in [6, 6.07) is 0. The van der Waals surface area contributed by atoms with E-state index in [2.05, 4.69) is 6.92 Å². The number of fused-ring (bicyclic) bond motifs is 3. The number of carbonyl (C=O) groups is 3. The lowest BCUT2D eigenvalue weighted by Crippen LogP contribution is -2.42. The van der Waals surface area contributed by atoms with Crippen LogP contribution in [0.3, 0.4) is 0 Å². The maximum absolute atomic E-state index is 12.5. The van der Waals surface area contributed by atoms with Crippen LogP contribution in [0.15, 0.2) is 0 Å². The first-order valence-electron chi connectivity index (χ1n) is 8.60. The van der Waals surface area contributed by atoms with Crippen molar-refractivity contribution in [2.24, 2.45) is 34.5 Å². The van der Waals surface area contributed by atoms with Gasteiger partial charge in [0.25, 0.3) is 0 Å². The Morgan fingerprint density at radius 2 is 1.54 bits per heavy atom. The minimum Gasteiger partial charge on any atom is -0.469 e. The highest BCUT2D eigenvalue weighted by molar-refractivity contribution is 6.00. The third kappa shape index (κ3) is 2.04. The molecule has 0 radical (unpaired) electrons. The molecule has 24 heavy (non-hydrogen) atoms. The van der Waals surface area contributed by atoms with Gasteiger partial charge in [-0.1, -0.05) is 13.3 Å². The van der Waals surface area contributed by atoms with Crippen molar-refractivity contribution in [2.45, 2.75) is 39.0 Å². The molecule has 0 aromatic carbocycles. The summed E-state index contributed by atoms with van der Waals surface area (Å²) in [5, 5.41) is 0. The van der Waals surface area contributed by atoms with E-state index in [1.54, 1.807) is 0 Å². The largest absolute Gasteiger partial charge is 0.469 e. The van der Waals surface area contributed by atoms with E-state index < -0.39 is 17.4 Å². The SMILES string of the molecule is COC(=O)C1C2CC(C(=O)OC)(C(=O)OC)CC2C2(C)CCCC12. The molecule has 0 saturated heterocycles. The van der Waals surface area contributed by atoms with Crippen LogP contribution in [0.5, 0.6) is 0 Å². The molecular weight excluding hydrogens is 312 g/mol. The van der Waals surface area contributed by atoms with Crippen molar-refractivity contribution in [2.75, 3.05) is 21.3 Å². The molecule has 3 saturated carbocycles. The molecule has 6 heteroatoms. The number of carbonyl (C=O) groups excluding carboxylic acids is 3. The van der Waals surface area contributed by atoms with Crippen LogP contribution in [0.1, 0.15) is 39.0 Å². The van der Waals surface area contributed by atoms with Crippen LogP contribution in [0, 0.1) is 34.5 Å². The van der Waals surface area contributed by atoms with Gasteiger partial charge in [0.15, 0.2) is 5.41 Å². The lowest BCUT2D eigenvalue weighted by Gasteiger charge is -2.34. The van der Waals surface area contributed by atoms with Crippen LogP contribution < -0.4 is 0 Å². The fourth-order valence-corrected chi connectivity index (χ4v) is 6.10. The number of esters is 3. The fraction of sp³-hybridized carbons (Fsp3) is 0.833. The summed E-state index contributed by atoms with van der Waals surface area (Å²) in [6.07, 6.45) is 3.80. The molecule has 0 aliphatic heterocycles. The van der Waals surface area contributed by atoms with Gasteiger partial charge in [-0.2, -0.15) is 0 Å². The molecule has 5 atom stereocenters. The first-order valence-corrected chi connectivity index (χ1v) is 8.60. The van der Waals surface area contributed by atoms with E-state index in [9.17, 15) is 14.4 Å². The molecule has 3 aliphatic carbocycles. The van der Waals surface area contributed by atoms with Crippen LogP contribution in [0.25, 0.3) is 0 Å². The summed E-state index contributed by atoms with van der Waals surface area (Å²) in [5.41, 5.74) is -1.32. The average Bonchev–Trinajstić information content (AvgIpc) is 3.21. The Morgan fingerprint density at radius 3 is 2.08 bits per heavy atom. The molecule has 3 rings (SSSR count). The Balaban J connectivity index is 2.02. The van der Waals surface area contributed by atoms with E-state index in [0.29, 0.717) is 12.8 Å². The molecule has 0 aromatic heterocycles. The summed E-state index contributed by atoms with van der Waals surface area (Å²) in [6.45, 7) is 2.20. The van der Waals surface area contributed by atoms with Crippen molar-refractivity contribution in [1.82, 2.24) is 0 Å². The molecule has 3 fully saturated rings. The van der Waals surface area contributed by atoms with Crippen molar-refractivity contribution < 1.29 is 28.6 Å². The van der Waals surface area contributed by atoms with Gasteiger partial charge in [-0.25, -0.2) is 0 Å². The molecule has 0 aromatic rings. The number of rotatable bonds is 3. The van der Waals surface area contributed by atoms with Crippen molar-refractivity contribution in [3.05, 3.63) is 0 Å². The van der Waals surface area contributed by atoms with Gasteiger partial charge in [0.1, 0.15) is 0 Å². The third-order valence-electron chi connectivity index (χ3n) is 7.11. The predicted octanol–water partition coefficient (Wildman–Crippen LogP) is 1.95. The van der Waals surface area contributed by atoms with Gasteiger partial charge in [-0.15, -0.1) is 0 Å². The summed E-state index contributed by atoms with van der Waals surface area (Å²) >= 11 is 0. The van der Waals surface area contributed by atoms with Gasteiger partial charge >= 0.3 is 17.9 Å². The zero-order chi connectivity index (χ0) is 17.7. The molecule has 3 aliphatic rings. The Hall–Kier alpha value is -1.59. The number of hydrogen-bond acceptors (Lipinski definition) is 6. The highest BCUT2D eigenvalue weighted by atomic mass is 16.5. The zero-order valence-electron chi connectivity index (χ0n) is 14.8. The zero-order valence-corrected chi connectivity index (χ0v) is 14.8. The third-order valence-corrected chi connectivity index (χ3v) is 7.11. The Labute approximate surface area is 142 Å². The molecule has 134 valence electrons. The first-order chi connectivity index (χ1) is 11.4. The Morgan fingerprint density at radius 1 is 0.917 bits per heavy atom. The minimum absolute atomic E-state index is 0.0344. The lowest BCUT2D eigenvalue weighted by molar-refractivity contribution is -0.170. The van der Waals surface area contributed by atoms with E-state index >= 15 is 0 Å². The number of ether oxygens (including phenoxy) is 3. The van der Waals surface area contributed by atoms with Gasteiger partial charge < -0.3 is 14.2 Å². The summed E-state index contributed by atoms with van der Waals surface area (Å²) in [5.74, 6) is -1.20. The molecule has 0 spiro atoms. The Bertz CT molecular complexity index is 554. The highest BCUT2D eigenvalue weighted by Crippen LogP contribution is 2.70. The second-order valence-corrected chi connectivity index (χ2v) is 7.80. The molecule has 0 heterocycles. The molecule has 5 unspecified atom stereocenters. The van der Waals surface area contributed by atoms with Gasteiger partial charge in [0.2, 0.25) is 0 Å². The normalized spacial score (nSPS) is 39.0. The second-order valence-electron chi connectivity index (χ2n) is 7.80. The van der Waals surface area contributed by atoms with Crippen molar-refractivity contribution in [1.29, 1.82) is 0 Å². The van der Waals surface area contributed by atoms with Crippen LogP contribution >= 0.6 is 0 Å². The topological polar surface area (TPSA) is 78.9 Å². The molecule has 0 N–H and O–H groups in total. The van der Waals surface area contributed by atoms with E-state index in [1.807, 2.05) is 0 Å². The standard InChI is InChI=1S/C18H26O6/c1-17-7-5-6-11(17)13(14(19)22-2)10-8-18(9-12(10)17,15(20)23-3)16(21)24-4/h10-13H,5-9H2,1-4H3. The van der Waals surface area contributed by atoms with Gasteiger partial charge in [0, 0.05) is 0 Å². The van der Waals surface area contributed by atoms with Gasteiger partial charge in [0.05, 0.1) is 27.2 Å². The van der Waals surface area contributed by atoms with Crippen molar-refractivity contribution in [3.8, 4) is 0 Å². The van der Waals surface area contributed by atoms with E-state index in [1.165, 1.54) is 21.3 Å². The van der Waals surface area contributed by atoms with Crippen LogP contribution in [-0.4, -0.2) is 39.2 Å². The molecular formula is C18H26O6. The molecule has 6 nitrogen and oxygen atoms in total. The van der Waals surface area contributed by atoms with Gasteiger partial charge in [-0.05, 0) is 48.9 Å². The average molecular weight is 338 g/mol. The van der Waals surface area contributed by atoms with E-state index in [-0.39, 0.29) is 35.1 Å². The Kier molecular flexibility index (Phi) is 4.12. The number of hydrogen-bond donors (Lipinski definition) is 0. The summed E-state index contributed by atoms with van der Waals surface area (Å²) < 4.78 is 14.9. The molecule has 0 bridgehead atoms. The van der Waals surface area contributed by atoms with E-state index in [0.717, 1.165) is 19.3 Å². The maximum atomic E-state index is 12.5. The fourth-order valence-electron chi connectivity index (χ4n) is 6.10. The van der Waals surface area contributed by atoms with E-state index in [4.69, 9.17) is 14.2 Å². The monoisotopic (exact) mass is 338 g/mol. The maximum Gasteiger partial charge on any atom is 0.323 e. The second kappa shape index (κ2) is 5.74. The lowest BCUT2D eigenvalue weighted by atomic mass is 9.70. The van der Waals surface area contributed by atoms with Crippen LogP contribution in [0.2, 0.25) is 0 Å². The van der Waals surface area contributed by atoms with Crippen LogP contribution in [-0.2, 0) is 28.6 Å². The summed E-state index contributed by atoms with van der Waals surface area (Å²) in [7, 11) is 3.99. The summed E-state index contributed by atoms with van der Waals surface area (Å²) in [4.78, 5) is 37.4. The highest BCUT2D eigenvalue weighted by Gasteiger charge is 2.70.